The number of benzene rings is 1. The van der Waals surface area contributed by atoms with E-state index in [0.29, 0.717) is 23.6 Å². The maximum atomic E-state index is 12.2. The van der Waals surface area contributed by atoms with Crippen LogP contribution in [0.4, 0.5) is 0 Å². The van der Waals surface area contributed by atoms with Gasteiger partial charge in [0, 0.05) is 23.7 Å². The summed E-state index contributed by atoms with van der Waals surface area (Å²) in [6.07, 6.45) is 5.99. The first kappa shape index (κ1) is 19.4. The van der Waals surface area contributed by atoms with Crippen LogP contribution < -0.4 is 10.6 Å². The highest BCUT2D eigenvalue weighted by Crippen LogP contribution is 2.27. The van der Waals surface area contributed by atoms with Crippen molar-refractivity contribution in [1.82, 2.24) is 10.6 Å². The molecule has 0 aliphatic heterocycles. The first-order valence-electron chi connectivity index (χ1n) is 9.34. The minimum Gasteiger partial charge on any atom is -0.393 e. The second-order valence-corrected chi connectivity index (χ2v) is 7.22. The predicted octanol–water partition coefficient (Wildman–Crippen LogP) is 2.89. The van der Waals surface area contributed by atoms with Gasteiger partial charge in [0.1, 0.15) is 0 Å². The molecule has 0 heterocycles. The second-order valence-electron chi connectivity index (χ2n) is 7.22. The Balaban J connectivity index is 1.74. The van der Waals surface area contributed by atoms with Gasteiger partial charge in [0.15, 0.2) is 0 Å². The zero-order chi connectivity index (χ0) is 18.2. The van der Waals surface area contributed by atoms with Gasteiger partial charge in [-0.05, 0) is 69.7 Å². The number of aliphatic hydroxyl groups excluding tert-OH is 1. The van der Waals surface area contributed by atoms with E-state index in [1.807, 2.05) is 13.8 Å². The van der Waals surface area contributed by atoms with E-state index in [4.69, 9.17) is 0 Å². The van der Waals surface area contributed by atoms with Gasteiger partial charge in [0.25, 0.3) is 11.8 Å². The molecule has 1 aliphatic rings. The molecule has 25 heavy (non-hydrogen) atoms. The quantitative estimate of drug-likeness (QED) is 0.664. The fourth-order valence-electron chi connectivity index (χ4n) is 3.31. The molecular formula is C20H30N2O3. The van der Waals surface area contributed by atoms with Gasteiger partial charge in [-0.1, -0.05) is 12.8 Å². The third kappa shape index (κ3) is 6.16. The monoisotopic (exact) mass is 346 g/mol. The molecule has 1 aromatic carbocycles. The number of aliphatic hydroxyl groups is 1. The van der Waals surface area contributed by atoms with E-state index in [1.54, 1.807) is 24.3 Å². The molecule has 1 aliphatic carbocycles. The normalized spacial score (nSPS) is 20.3. The number of nitrogens with one attached hydrogen (secondary N) is 2. The summed E-state index contributed by atoms with van der Waals surface area (Å²) >= 11 is 0. The maximum Gasteiger partial charge on any atom is 0.251 e. The smallest absolute Gasteiger partial charge is 0.251 e. The van der Waals surface area contributed by atoms with Crippen molar-refractivity contribution < 1.29 is 14.7 Å². The van der Waals surface area contributed by atoms with Crippen molar-refractivity contribution in [3.05, 3.63) is 35.4 Å². The Morgan fingerprint density at radius 1 is 1.08 bits per heavy atom. The van der Waals surface area contributed by atoms with E-state index in [-0.39, 0.29) is 24.0 Å². The van der Waals surface area contributed by atoms with Gasteiger partial charge in [-0.3, -0.25) is 9.59 Å². The Morgan fingerprint density at radius 2 is 1.68 bits per heavy atom. The van der Waals surface area contributed by atoms with Gasteiger partial charge in [0.05, 0.1) is 6.10 Å². The third-order valence-corrected chi connectivity index (χ3v) is 4.74. The Kier molecular flexibility index (Phi) is 7.44. The van der Waals surface area contributed by atoms with Crippen molar-refractivity contribution >= 4 is 11.8 Å². The summed E-state index contributed by atoms with van der Waals surface area (Å²) in [6.45, 7) is 4.43. The summed E-state index contributed by atoms with van der Waals surface area (Å²) in [5.41, 5.74) is 1.11. The van der Waals surface area contributed by atoms with Crippen LogP contribution in [0.15, 0.2) is 24.3 Å². The number of rotatable bonds is 7. The molecule has 0 radical (unpaired) electrons. The summed E-state index contributed by atoms with van der Waals surface area (Å²) in [5.74, 6) is 0.123. The van der Waals surface area contributed by atoms with Crippen LogP contribution in [0.25, 0.3) is 0 Å². The Morgan fingerprint density at radius 3 is 2.28 bits per heavy atom. The second kappa shape index (κ2) is 9.56. The molecule has 5 nitrogen and oxygen atoms in total. The van der Waals surface area contributed by atoms with Crippen LogP contribution in [0.5, 0.6) is 0 Å². The highest BCUT2D eigenvalue weighted by atomic mass is 16.3. The standard InChI is InChI=1S/C20H30N2O3/c1-14(2)22-20(25)17-11-9-16(10-12-17)19(24)21-13-5-7-15-6-3-4-8-18(15)23/h9-12,14-15,18,23H,3-8,13H2,1-2H3,(H,21,24)(H,22,25). The lowest BCUT2D eigenvalue weighted by molar-refractivity contribution is 0.0641. The lowest BCUT2D eigenvalue weighted by Crippen LogP contribution is -2.30. The van der Waals surface area contributed by atoms with Crippen LogP contribution in [0.2, 0.25) is 0 Å². The summed E-state index contributed by atoms with van der Waals surface area (Å²) in [7, 11) is 0. The molecule has 5 heteroatoms. The zero-order valence-corrected chi connectivity index (χ0v) is 15.3. The van der Waals surface area contributed by atoms with Crippen molar-refractivity contribution in [2.75, 3.05) is 6.54 Å². The summed E-state index contributed by atoms with van der Waals surface area (Å²) in [4.78, 5) is 24.0. The van der Waals surface area contributed by atoms with E-state index < -0.39 is 0 Å². The molecule has 1 aromatic rings. The Hall–Kier alpha value is -1.88. The predicted molar refractivity (Wildman–Crippen MR) is 98.6 cm³/mol. The van der Waals surface area contributed by atoms with Crippen molar-refractivity contribution in [3.8, 4) is 0 Å². The van der Waals surface area contributed by atoms with Crippen LogP contribution in [0.3, 0.4) is 0 Å². The van der Waals surface area contributed by atoms with E-state index >= 15 is 0 Å². The Bertz CT molecular complexity index is 569. The van der Waals surface area contributed by atoms with Crippen LogP contribution in [-0.2, 0) is 0 Å². The molecule has 3 N–H and O–H groups in total. The molecule has 138 valence electrons. The lowest BCUT2D eigenvalue weighted by Gasteiger charge is -2.27. The molecule has 0 aromatic heterocycles. The average molecular weight is 346 g/mol. The zero-order valence-electron chi connectivity index (χ0n) is 15.3. The van der Waals surface area contributed by atoms with Gasteiger partial charge in [0.2, 0.25) is 0 Å². The minimum atomic E-state index is -0.172. The lowest BCUT2D eigenvalue weighted by atomic mass is 9.83. The van der Waals surface area contributed by atoms with Gasteiger partial charge in [-0.2, -0.15) is 0 Å². The molecule has 0 spiro atoms. The van der Waals surface area contributed by atoms with Crippen molar-refractivity contribution in [1.29, 1.82) is 0 Å². The average Bonchev–Trinajstić information content (AvgIpc) is 2.59. The van der Waals surface area contributed by atoms with E-state index in [1.165, 1.54) is 6.42 Å². The molecular weight excluding hydrogens is 316 g/mol. The van der Waals surface area contributed by atoms with E-state index in [0.717, 1.165) is 32.1 Å². The Labute approximate surface area is 150 Å². The van der Waals surface area contributed by atoms with E-state index in [9.17, 15) is 14.7 Å². The van der Waals surface area contributed by atoms with Gasteiger partial charge in [-0.15, -0.1) is 0 Å². The SMILES string of the molecule is CC(C)NC(=O)c1ccc(C(=O)NCCCC2CCCCC2O)cc1. The molecule has 2 atom stereocenters. The van der Waals surface area contributed by atoms with Crippen molar-refractivity contribution in [2.24, 2.45) is 5.92 Å². The van der Waals surface area contributed by atoms with Gasteiger partial charge < -0.3 is 15.7 Å². The molecule has 0 saturated heterocycles. The highest BCUT2D eigenvalue weighted by molar-refractivity contribution is 5.97. The molecule has 1 fully saturated rings. The molecule has 2 unspecified atom stereocenters. The first-order valence-corrected chi connectivity index (χ1v) is 9.34. The topological polar surface area (TPSA) is 78.4 Å². The maximum absolute atomic E-state index is 12.2. The van der Waals surface area contributed by atoms with Crippen molar-refractivity contribution in [2.45, 2.75) is 64.5 Å². The van der Waals surface area contributed by atoms with Crippen LogP contribution in [0, 0.1) is 5.92 Å². The first-order chi connectivity index (χ1) is 12.0. The van der Waals surface area contributed by atoms with Gasteiger partial charge >= 0.3 is 0 Å². The number of hydrogen-bond donors (Lipinski definition) is 3. The van der Waals surface area contributed by atoms with Gasteiger partial charge in [-0.25, -0.2) is 0 Å². The number of carbonyl (C=O) groups is 2. The van der Waals surface area contributed by atoms with E-state index in [2.05, 4.69) is 10.6 Å². The molecule has 0 bridgehead atoms. The fraction of sp³-hybridized carbons (Fsp3) is 0.600. The number of amides is 2. The molecule has 2 rings (SSSR count). The van der Waals surface area contributed by atoms with Crippen LogP contribution in [-0.4, -0.2) is 35.6 Å². The fourth-order valence-corrected chi connectivity index (χ4v) is 3.31. The summed E-state index contributed by atoms with van der Waals surface area (Å²) in [5, 5.41) is 15.7. The number of hydrogen-bond acceptors (Lipinski definition) is 3. The van der Waals surface area contributed by atoms with Crippen molar-refractivity contribution in [3.63, 3.8) is 0 Å². The largest absolute Gasteiger partial charge is 0.393 e. The number of carbonyl (C=O) groups excluding carboxylic acids is 2. The third-order valence-electron chi connectivity index (χ3n) is 4.74. The summed E-state index contributed by atoms with van der Waals surface area (Å²) < 4.78 is 0. The minimum absolute atomic E-state index is 0.0816. The molecule has 2 amide bonds. The highest BCUT2D eigenvalue weighted by Gasteiger charge is 2.22. The van der Waals surface area contributed by atoms with Crippen LogP contribution in [0.1, 0.15) is 73.1 Å². The molecule has 1 saturated carbocycles. The van der Waals surface area contributed by atoms with Crippen LogP contribution >= 0.6 is 0 Å². The summed E-state index contributed by atoms with van der Waals surface area (Å²) in [6, 6.07) is 6.78.